The van der Waals surface area contributed by atoms with E-state index in [9.17, 15) is 4.79 Å². The molecule has 7 heteroatoms. The normalized spacial score (nSPS) is 21.3. The van der Waals surface area contributed by atoms with Gasteiger partial charge in [-0.2, -0.15) is 5.10 Å². The summed E-state index contributed by atoms with van der Waals surface area (Å²) in [7, 11) is 0. The smallest absolute Gasteiger partial charge is 0.224 e. The van der Waals surface area contributed by atoms with Gasteiger partial charge in [0.1, 0.15) is 11.6 Å². The molecule has 2 aromatic rings. The Morgan fingerprint density at radius 1 is 1.13 bits per heavy atom. The minimum absolute atomic E-state index is 0.211. The number of nitrogens with zero attached hydrogens (tertiary/aromatic N) is 6. The number of fused-ring (bicyclic) bond motifs is 1. The second-order valence-corrected chi connectivity index (χ2v) is 9.61. The van der Waals surface area contributed by atoms with Crippen LogP contribution in [0.4, 0.5) is 5.82 Å². The molecule has 1 amide bonds. The Morgan fingerprint density at radius 3 is 2.77 bits per heavy atom. The molecule has 166 valence electrons. The molecule has 0 spiro atoms. The zero-order valence-electron chi connectivity index (χ0n) is 18.9. The number of aromatic nitrogens is 4. The van der Waals surface area contributed by atoms with Crippen LogP contribution in [0, 0.1) is 19.8 Å². The van der Waals surface area contributed by atoms with E-state index >= 15 is 0 Å². The Bertz CT molecular complexity index is 950. The molecule has 0 bridgehead atoms. The van der Waals surface area contributed by atoms with Crippen molar-refractivity contribution < 1.29 is 4.79 Å². The third-order valence-electron chi connectivity index (χ3n) is 7.01. The SMILES string of the molecule is Cc1ccn(CCC(=O)N2CCC[C@@H](c3nc(C)c4c(n3)N(CC3CC3)CCC4)C2)n1. The van der Waals surface area contributed by atoms with Crippen LogP contribution in [0.25, 0.3) is 0 Å². The average molecular weight is 423 g/mol. The predicted octanol–water partition coefficient (Wildman–Crippen LogP) is 3.25. The Balaban J connectivity index is 1.28. The van der Waals surface area contributed by atoms with E-state index < -0.39 is 0 Å². The van der Waals surface area contributed by atoms with Crippen molar-refractivity contribution in [2.75, 3.05) is 31.1 Å². The van der Waals surface area contributed by atoms with Gasteiger partial charge in [0, 0.05) is 62.5 Å². The lowest BCUT2D eigenvalue weighted by molar-refractivity contribution is -0.132. The first-order chi connectivity index (χ1) is 15.1. The molecule has 0 N–H and O–H groups in total. The van der Waals surface area contributed by atoms with Gasteiger partial charge in [0.05, 0.1) is 5.69 Å². The van der Waals surface area contributed by atoms with Gasteiger partial charge in [0.15, 0.2) is 0 Å². The molecule has 2 fully saturated rings. The summed E-state index contributed by atoms with van der Waals surface area (Å²) >= 11 is 0. The maximum atomic E-state index is 12.9. The Labute approximate surface area is 184 Å². The van der Waals surface area contributed by atoms with Crippen LogP contribution in [-0.4, -0.2) is 56.7 Å². The van der Waals surface area contributed by atoms with E-state index in [1.807, 2.05) is 28.8 Å². The molecule has 1 saturated carbocycles. The summed E-state index contributed by atoms with van der Waals surface area (Å²) in [6, 6.07) is 1.98. The number of hydrogen-bond acceptors (Lipinski definition) is 5. The number of hydrogen-bond donors (Lipinski definition) is 0. The first kappa shape index (κ1) is 20.5. The van der Waals surface area contributed by atoms with E-state index in [4.69, 9.17) is 9.97 Å². The highest BCUT2D eigenvalue weighted by atomic mass is 16.2. The monoisotopic (exact) mass is 422 g/mol. The number of amides is 1. The van der Waals surface area contributed by atoms with Crippen molar-refractivity contribution in [2.24, 2.45) is 5.92 Å². The Morgan fingerprint density at radius 2 is 2.00 bits per heavy atom. The van der Waals surface area contributed by atoms with Crippen LogP contribution in [0.2, 0.25) is 0 Å². The summed E-state index contributed by atoms with van der Waals surface area (Å²) in [6.07, 6.45) is 9.52. The van der Waals surface area contributed by atoms with Gasteiger partial charge in [-0.15, -0.1) is 0 Å². The van der Waals surface area contributed by atoms with E-state index in [0.29, 0.717) is 13.0 Å². The maximum absolute atomic E-state index is 12.9. The van der Waals surface area contributed by atoms with Crippen LogP contribution >= 0.6 is 0 Å². The fraction of sp³-hybridized carbons (Fsp3) is 0.667. The van der Waals surface area contributed by atoms with Gasteiger partial charge >= 0.3 is 0 Å². The molecule has 3 aliphatic rings. The van der Waals surface area contributed by atoms with Gasteiger partial charge in [-0.3, -0.25) is 9.48 Å². The van der Waals surface area contributed by atoms with Crippen LogP contribution in [0.1, 0.15) is 67.2 Å². The third kappa shape index (κ3) is 4.60. The molecule has 4 heterocycles. The van der Waals surface area contributed by atoms with E-state index in [1.165, 1.54) is 30.6 Å². The zero-order valence-corrected chi connectivity index (χ0v) is 18.9. The highest BCUT2D eigenvalue weighted by Crippen LogP contribution is 2.36. The van der Waals surface area contributed by atoms with Crippen molar-refractivity contribution in [3.8, 4) is 0 Å². The molecule has 5 rings (SSSR count). The first-order valence-electron chi connectivity index (χ1n) is 12.0. The summed E-state index contributed by atoms with van der Waals surface area (Å²) in [6.45, 7) is 8.58. The van der Waals surface area contributed by atoms with Crippen molar-refractivity contribution >= 4 is 11.7 Å². The van der Waals surface area contributed by atoms with E-state index in [-0.39, 0.29) is 11.8 Å². The number of aryl methyl sites for hydroxylation is 3. The lowest BCUT2D eigenvalue weighted by Gasteiger charge is -2.34. The van der Waals surface area contributed by atoms with Crippen LogP contribution in [0.3, 0.4) is 0 Å². The number of piperidine rings is 1. The summed E-state index contributed by atoms with van der Waals surface area (Å²) in [4.78, 5) is 27.4. The molecule has 2 aliphatic heterocycles. The van der Waals surface area contributed by atoms with E-state index in [1.54, 1.807) is 0 Å². The van der Waals surface area contributed by atoms with E-state index in [0.717, 1.165) is 68.6 Å². The lowest BCUT2D eigenvalue weighted by atomic mass is 9.95. The van der Waals surface area contributed by atoms with Crippen molar-refractivity contribution in [3.63, 3.8) is 0 Å². The molecule has 7 nitrogen and oxygen atoms in total. The average Bonchev–Trinajstić information content (AvgIpc) is 3.50. The van der Waals surface area contributed by atoms with Crippen molar-refractivity contribution in [3.05, 3.63) is 35.0 Å². The first-order valence-corrected chi connectivity index (χ1v) is 12.0. The standard InChI is InChI=1S/C24H34N6O/c1-17-9-13-30(27-17)14-10-22(31)28-11-3-5-20(16-28)23-25-18(2)21-6-4-12-29(24(21)26-23)15-19-7-8-19/h9,13,19-20H,3-8,10-12,14-16H2,1-2H3/t20-/m1/s1. The van der Waals surface area contributed by atoms with Crippen molar-refractivity contribution in [1.29, 1.82) is 0 Å². The highest BCUT2D eigenvalue weighted by molar-refractivity contribution is 5.76. The zero-order chi connectivity index (χ0) is 21.4. The van der Waals surface area contributed by atoms with Gasteiger partial charge in [-0.1, -0.05) is 0 Å². The van der Waals surface area contributed by atoms with Crippen LogP contribution in [-0.2, 0) is 17.8 Å². The molecule has 2 aromatic heterocycles. The van der Waals surface area contributed by atoms with Gasteiger partial charge in [0.2, 0.25) is 5.91 Å². The van der Waals surface area contributed by atoms with Gasteiger partial charge in [-0.25, -0.2) is 9.97 Å². The molecule has 1 atom stereocenters. The Hall–Kier alpha value is -2.44. The fourth-order valence-electron chi connectivity index (χ4n) is 5.05. The highest BCUT2D eigenvalue weighted by Gasteiger charge is 2.31. The number of carbonyl (C=O) groups excluding carboxylic acids is 1. The van der Waals surface area contributed by atoms with Crippen LogP contribution in [0.5, 0.6) is 0 Å². The molecule has 1 saturated heterocycles. The summed E-state index contributed by atoms with van der Waals surface area (Å²) in [5.74, 6) is 3.42. The van der Waals surface area contributed by atoms with Crippen molar-refractivity contribution in [1.82, 2.24) is 24.6 Å². The molecule has 0 unspecified atom stereocenters. The number of anilines is 1. The van der Waals surface area contributed by atoms with Crippen molar-refractivity contribution in [2.45, 2.75) is 71.3 Å². The summed E-state index contributed by atoms with van der Waals surface area (Å²) in [5.41, 5.74) is 3.47. The molecular formula is C24H34N6O. The minimum atomic E-state index is 0.211. The molecule has 0 aromatic carbocycles. The Kier molecular flexibility index (Phi) is 5.67. The topological polar surface area (TPSA) is 67.2 Å². The number of likely N-dealkylation sites (tertiary alicyclic amines) is 1. The van der Waals surface area contributed by atoms with E-state index in [2.05, 4.69) is 16.9 Å². The van der Waals surface area contributed by atoms with Gasteiger partial charge in [0.25, 0.3) is 0 Å². The third-order valence-corrected chi connectivity index (χ3v) is 7.01. The predicted molar refractivity (Wildman–Crippen MR) is 120 cm³/mol. The summed E-state index contributed by atoms with van der Waals surface area (Å²) in [5, 5.41) is 4.39. The largest absolute Gasteiger partial charge is 0.356 e. The molecule has 0 radical (unpaired) electrons. The van der Waals surface area contributed by atoms with Crippen LogP contribution in [0.15, 0.2) is 12.3 Å². The number of carbonyl (C=O) groups is 1. The minimum Gasteiger partial charge on any atom is -0.356 e. The maximum Gasteiger partial charge on any atom is 0.224 e. The molecular weight excluding hydrogens is 388 g/mol. The molecule has 1 aliphatic carbocycles. The fourth-order valence-corrected chi connectivity index (χ4v) is 5.05. The van der Waals surface area contributed by atoms with Gasteiger partial charge in [-0.05, 0) is 64.4 Å². The molecule has 31 heavy (non-hydrogen) atoms. The summed E-state index contributed by atoms with van der Waals surface area (Å²) < 4.78 is 1.86. The number of rotatable bonds is 6. The van der Waals surface area contributed by atoms with Gasteiger partial charge < -0.3 is 9.80 Å². The second kappa shape index (κ2) is 8.60. The second-order valence-electron chi connectivity index (χ2n) is 9.61. The lowest BCUT2D eigenvalue weighted by Crippen LogP contribution is -2.40. The quantitative estimate of drug-likeness (QED) is 0.715. The van der Waals surface area contributed by atoms with Crippen LogP contribution < -0.4 is 4.90 Å².